The van der Waals surface area contributed by atoms with Crippen LogP contribution in [0.4, 0.5) is 26.2 Å². The van der Waals surface area contributed by atoms with E-state index in [2.05, 4.69) is 10.6 Å². The molecule has 0 bridgehead atoms. The molecule has 2 N–H and O–H groups in total. The second-order valence-electron chi connectivity index (χ2n) is 10.3. The number of amides is 2. The molecule has 4 aromatic rings. The first-order valence-corrected chi connectivity index (χ1v) is 14.5. The van der Waals surface area contributed by atoms with E-state index in [9.17, 15) is 18.8 Å². The molecule has 2 fully saturated rings. The van der Waals surface area contributed by atoms with E-state index in [4.69, 9.17) is 9.15 Å². The molecule has 0 unspecified atom stereocenters. The first kappa shape index (κ1) is 27.5. The fourth-order valence-corrected chi connectivity index (χ4v) is 5.73. The van der Waals surface area contributed by atoms with Crippen molar-refractivity contribution >= 4 is 56.7 Å². The molecule has 2 aromatic heterocycles. The van der Waals surface area contributed by atoms with Gasteiger partial charge in [0.2, 0.25) is 0 Å². The van der Waals surface area contributed by atoms with E-state index >= 15 is 0 Å². The highest BCUT2D eigenvalue weighted by Crippen LogP contribution is 2.41. The van der Waals surface area contributed by atoms with Crippen LogP contribution in [0.25, 0.3) is 22.1 Å². The van der Waals surface area contributed by atoms with Crippen molar-refractivity contribution in [3.63, 3.8) is 0 Å². The zero-order valence-corrected chi connectivity index (χ0v) is 24.7. The van der Waals surface area contributed by atoms with Crippen LogP contribution in [0.3, 0.4) is 0 Å². The van der Waals surface area contributed by atoms with Crippen molar-refractivity contribution < 1.29 is 18.3 Å². The van der Waals surface area contributed by atoms with Gasteiger partial charge in [0.1, 0.15) is 11.2 Å². The molecule has 212 valence electrons. The van der Waals surface area contributed by atoms with E-state index in [0.29, 0.717) is 48.8 Å². The molecule has 9 nitrogen and oxygen atoms in total. The summed E-state index contributed by atoms with van der Waals surface area (Å²) in [6, 6.07) is 11.7. The number of anilines is 3. The highest BCUT2D eigenvalue weighted by atomic mass is 127. The number of benzene rings is 2. The quantitative estimate of drug-likeness (QED) is 0.256. The van der Waals surface area contributed by atoms with Crippen molar-refractivity contribution in [3.8, 4) is 11.1 Å². The van der Waals surface area contributed by atoms with Gasteiger partial charge in [-0.1, -0.05) is 12.1 Å². The molecular weight excluding hydrogens is 642 g/mol. The van der Waals surface area contributed by atoms with Gasteiger partial charge in [0.05, 0.1) is 30.2 Å². The number of halogens is 2. The summed E-state index contributed by atoms with van der Waals surface area (Å²) in [6.07, 6.45) is 1.71. The van der Waals surface area contributed by atoms with Gasteiger partial charge in [-0.15, -0.1) is 0 Å². The molecule has 2 aliphatic rings. The molecular formula is C30H28FIN4O5. The van der Waals surface area contributed by atoms with Gasteiger partial charge in [-0.2, -0.15) is 0 Å². The van der Waals surface area contributed by atoms with Gasteiger partial charge < -0.3 is 29.3 Å². The van der Waals surface area contributed by atoms with Crippen molar-refractivity contribution in [2.45, 2.75) is 32.7 Å². The average Bonchev–Trinajstić information content (AvgIpc) is 3.78. The summed E-state index contributed by atoms with van der Waals surface area (Å²) in [5.41, 5.74) is 2.16. The van der Waals surface area contributed by atoms with Crippen LogP contribution in [-0.4, -0.2) is 41.8 Å². The van der Waals surface area contributed by atoms with E-state index in [1.165, 1.54) is 6.07 Å². The zero-order valence-electron chi connectivity index (χ0n) is 22.6. The number of morpholine rings is 1. The molecule has 0 atom stereocenters. The number of aromatic nitrogens is 1. The largest absolute Gasteiger partial charge is 0.421 e. The minimum atomic E-state index is -0.632. The number of nitrogens with zero attached hydrogens (tertiary/aromatic N) is 2. The van der Waals surface area contributed by atoms with E-state index < -0.39 is 11.4 Å². The third kappa shape index (κ3) is 5.23. The lowest BCUT2D eigenvalue weighted by molar-refractivity contribution is 0.0564. The minimum Gasteiger partial charge on any atom is -0.421 e. The number of fused-ring (bicyclic) bond motifs is 1. The van der Waals surface area contributed by atoms with Crippen molar-refractivity contribution in [1.29, 1.82) is 0 Å². The van der Waals surface area contributed by atoms with Crippen LogP contribution >= 0.6 is 22.6 Å². The van der Waals surface area contributed by atoms with Crippen LogP contribution in [0.2, 0.25) is 0 Å². The topological polar surface area (TPSA) is 106 Å². The number of nitrogens with one attached hydrogen (secondary N) is 2. The Balaban J connectivity index is 1.53. The smallest absolute Gasteiger partial charge is 0.341 e. The fourth-order valence-electron chi connectivity index (χ4n) is 5.28. The molecule has 1 aliphatic carbocycles. The minimum absolute atomic E-state index is 0.0185. The van der Waals surface area contributed by atoms with Crippen LogP contribution in [-0.2, 0) is 4.74 Å². The SMILES string of the molecule is Cc1c(Nc2ccc(I)cc2F)c2c(=O)n(C3CC3)c(C)c(-c3cccc(NC(=O)N4CCOCC4)c3)c2oc1=O. The molecule has 1 aliphatic heterocycles. The highest BCUT2D eigenvalue weighted by molar-refractivity contribution is 14.1. The van der Waals surface area contributed by atoms with E-state index in [1.807, 2.05) is 35.6 Å². The summed E-state index contributed by atoms with van der Waals surface area (Å²) in [5, 5.41) is 6.14. The van der Waals surface area contributed by atoms with E-state index in [1.54, 1.807) is 46.7 Å². The zero-order chi connectivity index (χ0) is 28.8. The number of hydrogen-bond donors (Lipinski definition) is 2. The van der Waals surface area contributed by atoms with Gasteiger partial charge in [-0.05, 0) is 85.2 Å². The summed E-state index contributed by atoms with van der Waals surface area (Å²) in [6.45, 7) is 5.37. The summed E-state index contributed by atoms with van der Waals surface area (Å²) < 4.78 is 28.5. The third-order valence-corrected chi connectivity index (χ3v) is 8.21. The number of ether oxygens (including phenoxy) is 1. The Labute approximate surface area is 248 Å². The first-order valence-electron chi connectivity index (χ1n) is 13.4. The molecule has 3 heterocycles. The highest BCUT2D eigenvalue weighted by Gasteiger charge is 2.31. The normalized spacial score (nSPS) is 15.3. The van der Waals surface area contributed by atoms with Crippen molar-refractivity contribution in [1.82, 2.24) is 9.47 Å². The molecule has 1 saturated heterocycles. The standard InChI is InChI=1S/C30H28FIN4O5/c1-16-26(34-23-9-6-19(32)15-22(23)31)25-27(41-29(16)38)24(17(2)36(28(25)37)21-7-8-21)18-4-3-5-20(14-18)33-30(39)35-10-12-40-13-11-35/h3-6,9,14-15,21,34H,7-8,10-13H2,1-2H3,(H,33,39). The molecule has 2 aromatic carbocycles. The lowest BCUT2D eigenvalue weighted by Gasteiger charge is -2.27. The average molecular weight is 670 g/mol. The molecule has 11 heteroatoms. The predicted octanol–water partition coefficient (Wildman–Crippen LogP) is 5.92. The summed E-state index contributed by atoms with van der Waals surface area (Å²) >= 11 is 2.02. The Bertz CT molecular complexity index is 1810. The van der Waals surface area contributed by atoms with Crippen LogP contribution in [0.1, 0.15) is 30.1 Å². The monoisotopic (exact) mass is 670 g/mol. The van der Waals surface area contributed by atoms with Gasteiger partial charge in [-0.3, -0.25) is 4.79 Å². The van der Waals surface area contributed by atoms with Gasteiger partial charge in [-0.25, -0.2) is 14.0 Å². The summed E-state index contributed by atoms with van der Waals surface area (Å²) in [4.78, 5) is 41.7. The van der Waals surface area contributed by atoms with Crippen molar-refractivity contribution in [2.24, 2.45) is 0 Å². The maximum absolute atomic E-state index is 14.9. The predicted molar refractivity (Wildman–Crippen MR) is 164 cm³/mol. The summed E-state index contributed by atoms with van der Waals surface area (Å²) in [5.74, 6) is -0.503. The maximum atomic E-state index is 14.9. The molecule has 41 heavy (non-hydrogen) atoms. The number of urea groups is 1. The Morgan fingerprint density at radius 2 is 1.83 bits per heavy atom. The Morgan fingerprint density at radius 3 is 2.54 bits per heavy atom. The van der Waals surface area contributed by atoms with Gasteiger partial charge >= 0.3 is 11.7 Å². The Morgan fingerprint density at radius 1 is 1.07 bits per heavy atom. The molecule has 0 radical (unpaired) electrons. The molecule has 1 saturated carbocycles. The third-order valence-electron chi connectivity index (χ3n) is 7.54. The Hall–Kier alpha value is -3.71. The first-order chi connectivity index (χ1) is 19.7. The molecule has 0 spiro atoms. The fraction of sp³-hybridized carbons (Fsp3) is 0.300. The van der Waals surface area contributed by atoms with Crippen LogP contribution in [0.5, 0.6) is 0 Å². The maximum Gasteiger partial charge on any atom is 0.341 e. The van der Waals surface area contributed by atoms with Gasteiger partial charge in [0, 0.05) is 39.6 Å². The van der Waals surface area contributed by atoms with Crippen LogP contribution in [0.15, 0.2) is 56.5 Å². The van der Waals surface area contributed by atoms with Gasteiger partial charge in [0.25, 0.3) is 5.56 Å². The van der Waals surface area contributed by atoms with Crippen LogP contribution < -0.4 is 21.8 Å². The van der Waals surface area contributed by atoms with Crippen molar-refractivity contribution in [2.75, 3.05) is 36.9 Å². The second-order valence-corrected chi connectivity index (χ2v) is 11.6. The summed E-state index contributed by atoms with van der Waals surface area (Å²) in [7, 11) is 0. The Kier molecular flexibility index (Phi) is 7.32. The number of carbonyl (C=O) groups excluding carboxylic acids is 1. The van der Waals surface area contributed by atoms with E-state index in [-0.39, 0.29) is 45.5 Å². The lowest BCUT2D eigenvalue weighted by Crippen LogP contribution is -2.43. The van der Waals surface area contributed by atoms with E-state index in [0.717, 1.165) is 16.4 Å². The number of rotatable bonds is 5. The molecule has 2 amide bonds. The van der Waals surface area contributed by atoms with Crippen molar-refractivity contribution in [3.05, 3.63) is 83.9 Å². The van der Waals surface area contributed by atoms with Gasteiger partial charge in [0.15, 0.2) is 5.58 Å². The molecule has 6 rings (SSSR count). The number of hydrogen-bond acceptors (Lipinski definition) is 6. The second kappa shape index (κ2) is 10.9. The van der Waals surface area contributed by atoms with Crippen LogP contribution in [0, 0.1) is 23.2 Å². The number of pyridine rings is 1. The number of carbonyl (C=O) groups is 1. The lowest BCUT2D eigenvalue weighted by atomic mass is 9.99.